The molecule has 7 heteroatoms. The molecule has 1 aliphatic rings. The van der Waals surface area contributed by atoms with Crippen LogP contribution in [0.1, 0.15) is 30.9 Å². The minimum atomic E-state index is -3.72. The summed E-state index contributed by atoms with van der Waals surface area (Å²) in [4.78, 5) is 9.48. The summed E-state index contributed by atoms with van der Waals surface area (Å²) in [6, 6.07) is 21.4. The Bertz CT molecular complexity index is 1350. The molecule has 5 rings (SSSR count). The molecular weight excluding hydrogens is 425 g/mol. The van der Waals surface area contributed by atoms with Crippen molar-refractivity contribution in [2.45, 2.75) is 37.0 Å². The smallest absolute Gasteiger partial charge is 0.226 e. The molecule has 0 fully saturated rings. The Kier molecular flexibility index (Phi) is 5.01. The molecule has 1 aromatic heterocycles. The van der Waals surface area contributed by atoms with Gasteiger partial charge < -0.3 is 9.88 Å². The maximum atomic E-state index is 13.6. The van der Waals surface area contributed by atoms with Crippen LogP contribution in [0.4, 0.5) is 10.1 Å². The lowest BCUT2D eigenvalue weighted by atomic mass is 9.88. The normalized spacial score (nSPS) is 18.4. The van der Waals surface area contributed by atoms with Crippen LogP contribution in [0.2, 0.25) is 0 Å². The number of anilines is 1. The summed E-state index contributed by atoms with van der Waals surface area (Å²) in [5, 5.41) is -0.0174. The molecule has 2 heterocycles. The van der Waals surface area contributed by atoms with Crippen molar-refractivity contribution in [1.82, 2.24) is 9.97 Å². The monoisotopic (exact) mass is 449 g/mol. The molecular formula is C25H24FN3O2S. The third-order valence-electron chi connectivity index (χ3n) is 6.13. The molecule has 4 aromatic rings. The lowest BCUT2D eigenvalue weighted by Gasteiger charge is -2.33. The minimum Gasteiger partial charge on any atom is -0.364 e. The molecule has 0 bridgehead atoms. The Balaban J connectivity index is 1.61. The molecule has 0 aliphatic carbocycles. The summed E-state index contributed by atoms with van der Waals surface area (Å²) < 4.78 is 40.7. The lowest BCUT2D eigenvalue weighted by Crippen LogP contribution is -2.44. The molecule has 164 valence electrons. The number of rotatable bonds is 5. The Labute approximate surface area is 186 Å². The van der Waals surface area contributed by atoms with Gasteiger partial charge in [-0.25, -0.2) is 17.8 Å². The quantitative estimate of drug-likeness (QED) is 0.470. The summed E-state index contributed by atoms with van der Waals surface area (Å²) in [7, 11) is -3.72. The van der Waals surface area contributed by atoms with Crippen molar-refractivity contribution < 1.29 is 12.8 Å². The Morgan fingerprint density at radius 3 is 2.41 bits per heavy atom. The van der Waals surface area contributed by atoms with Crippen LogP contribution >= 0.6 is 0 Å². The summed E-state index contributed by atoms with van der Waals surface area (Å²) in [6.07, 6.45) is 0. The summed E-state index contributed by atoms with van der Waals surface area (Å²) in [5.74, 6) is -0.623. The van der Waals surface area contributed by atoms with Crippen LogP contribution in [-0.4, -0.2) is 36.2 Å². The first kappa shape index (κ1) is 20.7. The molecule has 1 N–H and O–H groups in total. The predicted molar refractivity (Wildman–Crippen MR) is 124 cm³/mol. The van der Waals surface area contributed by atoms with Gasteiger partial charge in [0.2, 0.25) is 15.0 Å². The number of fused-ring (bicyclic) bond motifs is 2. The Morgan fingerprint density at radius 2 is 1.69 bits per heavy atom. The van der Waals surface area contributed by atoms with Gasteiger partial charge in [0, 0.05) is 17.6 Å². The van der Waals surface area contributed by atoms with E-state index >= 15 is 0 Å². The Hall–Kier alpha value is -3.19. The number of benzene rings is 3. The van der Waals surface area contributed by atoms with Crippen molar-refractivity contribution in [2.75, 3.05) is 10.7 Å². The first-order valence-corrected chi connectivity index (χ1v) is 12.3. The van der Waals surface area contributed by atoms with E-state index in [0.717, 1.165) is 16.8 Å². The van der Waals surface area contributed by atoms with Gasteiger partial charge in [0.15, 0.2) is 0 Å². The molecule has 2 unspecified atom stereocenters. The number of aromatic amines is 1. The van der Waals surface area contributed by atoms with Gasteiger partial charge >= 0.3 is 0 Å². The number of imidazole rings is 1. The molecule has 5 nitrogen and oxygen atoms in total. The van der Waals surface area contributed by atoms with Crippen LogP contribution in [0.15, 0.2) is 78.0 Å². The molecule has 0 spiro atoms. The van der Waals surface area contributed by atoms with Gasteiger partial charge in [0.1, 0.15) is 5.82 Å². The first-order chi connectivity index (χ1) is 15.3. The second kappa shape index (κ2) is 7.74. The summed E-state index contributed by atoms with van der Waals surface area (Å²) in [6.45, 7) is 4.12. The van der Waals surface area contributed by atoms with Crippen molar-refractivity contribution in [3.8, 4) is 0 Å². The van der Waals surface area contributed by atoms with Crippen molar-refractivity contribution in [3.05, 3.63) is 89.7 Å². The minimum absolute atomic E-state index is 0.0174. The molecule has 1 aliphatic heterocycles. The van der Waals surface area contributed by atoms with E-state index in [2.05, 4.69) is 28.7 Å². The zero-order chi connectivity index (χ0) is 22.5. The van der Waals surface area contributed by atoms with E-state index < -0.39 is 9.84 Å². The largest absolute Gasteiger partial charge is 0.364 e. The van der Waals surface area contributed by atoms with Crippen LogP contribution in [0.25, 0.3) is 11.0 Å². The number of sulfone groups is 1. The van der Waals surface area contributed by atoms with Gasteiger partial charge in [0.05, 0.1) is 22.8 Å². The number of hydrogen-bond acceptors (Lipinski definition) is 4. The van der Waals surface area contributed by atoms with Crippen LogP contribution in [0, 0.1) is 5.82 Å². The van der Waals surface area contributed by atoms with Gasteiger partial charge in [-0.2, -0.15) is 0 Å². The zero-order valence-electron chi connectivity index (χ0n) is 17.9. The van der Waals surface area contributed by atoms with E-state index in [1.807, 2.05) is 42.5 Å². The second-order valence-corrected chi connectivity index (χ2v) is 10.4. The highest BCUT2D eigenvalue weighted by molar-refractivity contribution is 7.91. The first-order valence-electron chi connectivity index (χ1n) is 10.7. The van der Waals surface area contributed by atoms with Crippen molar-refractivity contribution >= 4 is 26.6 Å². The lowest BCUT2D eigenvalue weighted by molar-refractivity contribution is 0.541. The highest BCUT2D eigenvalue weighted by Gasteiger charge is 2.43. The van der Waals surface area contributed by atoms with Crippen molar-refractivity contribution in [1.29, 1.82) is 0 Å². The third-order valence-corrected chi connectivity index (χ3v) is 7.69. The SMILES string of the molecule is CC(C)N1c2ccccc2C(c2ccc(F)cc2)C1CS(=O)(=O)c1nc2ccccc2[nH]1. The fraction of sp³-hybridized carbons (Fsp3) is 0.240. The number of halogens is 1. The molecule has 32 heavy (non-hydrogen) atoms. The average molecular weight is 450 g/mol. The highest BCUT2D eigenvalue weighted by atomic mass is 32.2. The predicted octanol–water partition coefficient (Wildman–Crippen LogP) is 4.90. The van der Waals surface area contributed by atoms with Gasteiger partial charge in [-0.3, -0.25) is 0 Å². The standard InChI is InChI=1S/C25H24FN3O2S/c1-16(2)29-22-10-6-3-7-19(22)24(17-11-13-18(26)14-12-17)23(29)15-32(30,31)25-27-20-8-4-5-9-21(20)28-25/h3-14,16,23-24H,15H2,1-2H3,(H,27,28). The number of hydrogen-bond donors (Lipinski definition) is 1. The molecule has 0 amide bonds. The number of para-hydroxylation sites is 3. The fourth-order valence-electron chi connectivity index (χ4n) is 4.82. The number of H-pyrrole nitrogens is 1. The Morgan fingerprint density at radius 1 is 1.00 bits per heavy atom. The van der Waals surface area contributed by atoms with Crippen molar-refractivity contribution in [2.24, 2.45) is 0 Å². The molecule has 2 atom stereocenters. The van der Waals surface area contributed by atoms with Crippen LogP contribution in [-0.2, 0) is 9.84 Å². The zero-order valence-corrected chi connectivity index (χ0v) is 18.7. The fourth-order valence-corrected chi connectivity index (χ4v) is 6.29. The highest BCUT2D eigenvalue weighted by Crippen LogP contribution is 2.46. The van der Waals surface area contributed by atoms with E-state index in [9.17, 15) is 12.8 Å². The third kappa shape index (κ3) is 3.46. The second-order valence-electron chi connectivity index (χ2n) is 8.50. The van der Waals surface area contributed by atoms with Crippen LogP contribution in [0.5, 0.6) is 0 Å². The van der Waals surface area contributed by atoms with E-state index in [1.54, 1.807) is 18.2 Å². The van der Waals surface area contributed by atoms with Crippen molar-refractivity contribution in [3.63, 3.8) is 0 Å². The average Bonchev–Trinajstić information content (AvgIpc) is 3.34. The molecule has 0 radical (unpaired) electrons. The van der Waals surface area contributed by atoms with Crippen LogP contribution < -0.4 is 4.90 Å². The van der Waals surface area contributed by atoms with E-state index in [1.165, 1.54) is 12.1 Å². The van der Waals surface area contributed by atoms with Crippen LogP contribution in [0.3, 0.4) is 0 Å². The number of nitrogens with one attached hydrogen (secondary N) is 1. The topological polar surface area (TPSA) is 66.1 Å². The molecule has 0 saturated carbocycles. The van der Waals surface area contributed by atoms with Gasteiger partial charge in [-0.1, -0.05) is 42.5 Å². The summed E-state index contributed by atoms with van der Waals surface area (Å²) in [5.41, 5.74) is 4.28. The number of nitrogens with zero attached hydrogens (tertiary/aromatic N) is 2. The van der Waals surface area contributed by atoms with E-state index in [4.69, 9.17) is 0 Å². The summed E-state index contributed by atoms with van der Waals surface area (Å²) >= 11 is 0. The molecule has 3 aromatic carbocycles. The van der Waals surface area contributed by atoms with Gasteiger partial charge in [-0.05, 0) is 55.3 Å². The maximum Gasteiger partial charge on any atom is 0.226 e. The van der Waals surface area contributed by atoms with Gasteiger partial charge in [-0.15, -0.1) is 0 Å². The van der Waals surface area contributed by atoms with Gasteiger partial charge in [0.25, 0.3) is 0 Å². The number of aromatic nitrogens is 2. The maximum absolute atomic E-state index is 13.6. The van der Waals surface area contributed by atoms with E-state index in [0.29, 0.717) is 11.0 Å². The molecule has 0 saturated heterocycles. The van der Waals surface area contributed by atoms with E-state index in [-0.39, 0.29) is 34.7 Å².